The molecule has 0 bridgehead atoms. The van der Waals surface area contributed by atoms with Gasteiger partial charge in [-0.1, -0.05) is 0 Å². The molecule has 1 aliphatic heterocycles. The first-order valence-electron chi connectivity index (χ1n) is 4.13. The number of amides is 1. The standard InChI is InChI=1S/C8H10N2O3/c11-6-1-2-10(3-6)8(12)7-4-13-5-9-7/h4-6,11H,1-3H2/t6-/m0/s1. The quantitative estimate of drug-likeness (QED) is 0.657. The summed E-state index contributed by atoms with van der Waals surface area (Å²) in [6, 6.07) is 0. The van der Waals surface area contributed by atoms with Gasteiger partial charge in [0.2, 0.25) is 0 Å². The van der Waals surface area contributed by atoms with Crippen LogP contribution in [0.5, 0.6) is 0 Å². The number of rotatable bonds is 1. The zero-order valence-electron chi connectivity index (χ0n) is 7.01. The van der Waals surface area contributed by atoms with Gasteiger partial charge in [-0.05, 0) is 6.42 Å². The lowest BCUT2D eigenvalue weighted by atomic mass is 10.3. The topological polar surface area (TPSA) is 66.6 Å². The van der Waals surface area contributed by atoms with Crippen LogP contribution in [0.15, 0.2) is 17.1 Å². The monoisotopic (exact) mass is 182 g/mol. The average Bonchev–Trinajstić information content (AvgIpc) is 2.72. The number of hydrogen-bond acceptors (Lipinski definition) is 4. The highest BCUT2D eigenvalue weighted by Gasteiger charge is 2.26. The van der Waals surface area contributed by atoms with Crippen molar-refractivity contribution in [2.45, 2.75) is 12.5 Å². The van der Waals surface area contributed by atoms with Crippen LogP contribution in [0.3, 0.4) is 0 Å². The Morgan fingerprint density at radius 1 is 1.77 bits per heavy atom. The van der Waals surface area contributed by atoms with Crippen molar-refractivity contribution in [2.75, 3.05) is 13.1 Å². The van der Waals surface area contributed by atoms with Crippen LogP contribution in [0.2, 0.25) is 0 Å². The molecule has 1 N–H and O–H groups in total. The van der Waals surface area contributed by atoms with Gasteiger partial charge in [0.05, 0.1) is 6.10 Å². The Morgan fingerprint density at radius 3 is 3.15 bits per heavy atom. The van der Waals surface area contributed by atoms with Crippen LogP contribution in [-0.2, 0) is 0 Å². The summed E-state index contributed by atoms with van der Waals surface area (Å²) in [5.74, 6) is -0.176. The molecule has 0 aliphatic carbocycles. The molecule has 0 spiro atoms. The molecular weight excluding hydrogens is 172 g/mol. The van der Waals surface area contributed by atoms with Crippen LogP contribution >= 0.6 is 0 Å². The SMILES string of the molecule is O=C(c1cocn1)N1CC[C@H](O)C1. The van der Waals surface area contributed by atoms with Gasteiger partial charge in [-0.3, -0.25) is 4.79 Å². The lowest BCUT2D eigenvalue weighted by Crippen LogP contribution is -2.29. The van der Waals surface area contributed by atoms with Crippen molar-refractivity contribution in [1.29, 1.82) is 0 Å². The molecule has 0 radical (unpaired) electrons. The third kappa shape index (κ3) is 1.55. The second-order valence-corrected chi connectivity index (χ2v) is 3.07. The molecule has 0 unspecified atom stereocenters. The summed E-state index contributed by atoms with van der Waals surface area (Å²) in [5.41, 5.74) is 0.300. The number of oxazole rings is 1. The molecule has 1 saturated heterocycles. The van der Waals surface area contributed by atoms with E-state index in [4.69, 9.17) is 4.42 Å². The smallest absolute Gasteiger partial charge is 0.275 e. The second kappa shape index (κ2) is 3.18. The number of hydrogen-bond donors (Lipinski definition) is 1. The number of carbonyl (C=O) groups is 1. The highest BCUT2D eigenvalue weighted by Crippen LogP contribution is 2.11. The second-order valence-electron chi connectivity index (χ2n) is 3.07. The van der Waals surface area contributed by atoms with E-state index in [0.29, 0.717) is 25.2 Å². The van der Waals surface area contributed by atoms with Gasteiger partial charge in [-0.25, -0.2) is 4.98 Å². The molecule has 70 valence electrons. The van der Waals surface area contributed by atoms with Crippen molar-refractivity contribution in [3.05, 3.63) is 18.4 Å². The van der Waals surface area contributed by atoms with Crippen LogP contribution in [0.4, 0.5) is 0 Å². The number of aromatic nitrogens is 1. The predicted octanol–water partition coefficient (Wildman–Crippen LogP) is -0.119. The molecule has 0 saturated carbocycles. The maximum absolute atomic E-state index is 11.5. The minimum atomic E-state index is -0.393. The van der Waals surface area contributed by atoms with Gasteiger partial charge in [-0.15, -0.1) is 0 Å². The first-order valence-corrected chi connectivity index (χ1v) is 4.13. The highest BCUT2D eigenvalue weighted by atomic mass is 16.3. The maximum Gasteiger partial charge on any atom is 0.275 e. The fourth-order valence-corrected chi connectivity index (χ4v) is 1.41. The fraction of sp³-hybridized carbons (Fsp3) is 0.500. The predicted molar refractivity (Wildman–Crippen MR) is 43.0 cm³/mol. The largest absolute Gasteiger partial charge is 0.451 e. The van der Waals surface area contributed by atoms with E-state index in [-0.39, 0.29) is 5.91 Å². The Bertz CT molecular complexity index is 296. The van der Waals surface area contributed by atoms with E-state index < -0.39 is 6.10 Å². The first kappa shape index (κ1) is 8.25. The first-order chi connectivity index (χ1) is 6.27. The van der Waals surface area contributed by atoms with E-state index in [2.05, 4.69) is 4.98 Å². The Balaban J connectivity index is 2.06. The van der Waals surface area contributed by atoms with E-state index in [0.717, 1.165) is 0 Å². The third-order valence-electron chi connectivity index (χ3n) is 2.10. The molecule has 0 aromatic carbocycles. The van der Waals surface area contributed by atoms with Gasteiger partial charge in [0.25, 0.3) is 5.91 Å². The van der Waals surface area contributed by atoms with Gasteiger partial charge in [-0.2, -0.15) is 0 Å². The highest BCUT2D eigenvalue weighted by molar-refractivity contribution is 5.92. The minimum Gasteiger partial charge on any atom is -0.451 e. The van der Waals surface area contributed by atoms with E-state index in [1.54, 1.807) is 4.90 Å². The summed E-state index contributed by atoms with van der Waals surface area (Å²) in [6.45, 7) is 0.985. The Kier molecular flexibility index (Phi) is 2.02. The van der Waals surface area contributed by atoms with Gasteiger partial charge >= 0.3 is 0 Å². The van der Waals surface area contributed by atoms with Gasteiger partial charge in [0.1, 0.15) is 6.26 Å². The molecule has 1 fully saturated rings. The summed E-state index contributed by atoms with van der Waals surface area (Å²) in [7, 11) is 0. The number of nitrogens with zero attached hydrogens (tertiary/aromatic N) is 2. The normalized spacial score (nSPS) is 22.2. The number of β-amino-alcohol motifs (C(OH)–C–C–N with tert-alkyl or cyclic N) is 1. The van der Waals surface area contributed by atoms with Crippen molar-refractivity contribution < 1.29 is 14.3 Å². The molecule has 2 rings (SSSR count). The van der Waals surface area contributed by atoms with E-state index in [1.807, 2.05) is 0 Å². The molecule has 13 heavy (non-hydrogen) atoms. The summed E-state index contributed by atoms with van der Waals surface area (Å²) in [6.07, 6.45) is 2.78. The summed E-state index contributed by atoms with van der Waals surface area (Å²) < 4.78 is 4.70. The molecule has 1 atom stereocenters. The summed E-state index contributed by atoms with van der Waals surface area (Å²) >= 11 is 0. The minimum absolute atomic E-state index is 0.176. The lowest BCUT2D eigenvalue weighted by Gasteiger charge is -2.12. The van der Waals surface area contributed by atoms with Crippen LogP contribution in [-0.4, -0.2) is 40.1 Å². The molecule has 5 nitrogen and oxygen atoms in total. The Hall–Kier alpha value is -1.36. The van der Waals surface area contributed by atoms with Crippen molar-refractivity contribution in [2.24, 2.45) is 0 Å². The average molecular weight is 182 g/mol. The molecule has 1 aromatic rings. The third-order valence-corrected chi connectivity index (χ3v) is 2.10. The van der Waals surface area contributed by atoms with Crippen LogP contribution in [0.25, 0.3) is 0 Å². The van der Waals surface area contributed by atoms with E-state index in [1.165, 1.54) is 12.7 Å². The Morgan fingerprint density at radius 2 is 2.62 bits per heavy atom. The summed E-state index contributed by atoms with van der Waals surface area (Å²) in [4.78, 5) is 16.9. The lowest BCUT2D eigenvalue weighted by molar-refractivity contribution is 0.0759. The van der Waals surface area contributed by atoms with Crippen molar-refractivity contribution in [3.63, 3.8) is 0 Å². The van der Waals surface area contributed by atoms with Crippen molar-refractivity contribution in [3.8, 4) is 0 Å². The van der Waals surface area contributed by atoms with E-state index >= 15 is 0 Å². The number of aliphatic hydroxyl groups excluding tert-OH is 1. The zero-order valence-corrected chi connectivity index (χ0v) is 7.01. The fourth-order valence-electron chi connectivity index (χ4n) is 1.41. The molecule has 5 heteroatoms. The van der Waals surface area contributed by atoms with Gasteiger partial charge in [0, 0.05) is 13.1 Å². The van der Waals surface area contributed by atoms with Crippen molar-refractivity contribution in [1.82, 2.24) is 9.88 Å². The van der Waals surface area contributed by atoms with Crippen LogP contribution in [0.1, 0.15) is 16.9 Å². The van der Waals surface area contributed by atoms with Crippen LogP contribution < -0.4 is 0 Å². The van der Waals surface area contributed by atoms with Crippen molar-refractivity contribution >= 4 is 5.91 Å². The van der Waals surface area contributed by atoms with E-state index in [9.17, 15) is 9.90 Å². The summed E-state index contributed by atoms with van der Waals surface area (Å²) in [5, 5.41) is 9.21. The number of aliphatic hydroxyl groups is 1. The molecular formula is C8H10N2O3. The van der Waals surface area contributed by atoms with Crippen LogP contribution in [0, 0.1) is 0 Å². The van der Waals surface area contributed by atoms with Gasteiger partial charge in [0.15, 0.2) is 12.1 Å². The Labute approximate surface area is 75.0 Å². The molecule has 1 aliphatic rings. The molecule has 1 aromatic heterocycles. The maximum atomic E-state index is 11.5. The zero-order chi connectivity index (χ0) is 9.26. The molecule has 2 heterocycles. The van der Waals surface area contributed by atoms with Gasteiger partial charge < -0.3 is 14.4 Å². The number of likely N-dealkylation sites (tertiary alicyclic amines) is 1. The number of carbonyl (C=O) groups excluding carboxylic acids is 1. The molecule has 1 amide bonds.